The highest BCUT2D eigenvalue weighted by Crippen LogP contribution is 1.95. The van der Waals surface area contributed by atoms with Crippen LogP contribution in [0.1, 0.15) is 13.8 Å². The molecule has 11 heavy (non-hydrogen) atoms. The molecule has 0 bridgehead atoms. The molecule has 0 aromatic rings. The third kappa shape index (κ3) is 4.61. The lowest BCUT2D eigenvalue weighted by atomic mass is 10.2. The number of hydrogen-bond donors (Lipinski definition) is 2. The number of hydrogen-bond acceptors (Lipinski definition) is 2. The summed E-state index contributed by atoms with van der Waals surface area (Å²) >= 11 is 5.39. The smallest absolute Gasteiger partial charge is 0.242 e. The summed E-state index contributed by atoms with van der Waals surface area (Å²) in [6.45, 7) is 2.98. The van der Waals surface area contributed by atoms with E-state index >= 15 is 0 Å². The van der Waals surface area contributed by atoms with Crippen molar-refractivity contribution in [3.05, 3.63) is 0 Å². The zero-order chi connectivity index (χ0) is 8.85. The van der Waals surface area contributed by atoms with Gasteiger partial charge in [-0.1, -0.05) is 6.92 Å². The Morgan fingerprint density at radius 2 is 2.00 bits per heavy atom. The summed E-state index contributed by atoms with van der Waals surface area (Å²) in [6.07, 6.45) is 0. The second-order valence-electron chi connectivity index (χ2n) is 2.23. The molecule has 0 spiro atoms. The van der Waals surface area contributed by atoms with Gasteiger partial charge in [0.25, 0.3) is 0 Å². The maximum absolute atomic E-state index is 10.9. The fraction of sp³-hybridized carbons (Fsp3) is 0.667. The summed E-state index contributed by atoms with van der Waals surface area (Å²) in [4.78, 5) is 21.2. The van der Waals surface area contributed by atoms with Crippen LogP contribution in [0.2, 0.25) is 0 Å². The summed E-state index contributed by atoms with van der Waals surface area (Å²) in [7, 11) is 0. The maximum Gasteiger partial charge on any atom is 0.242 e. The number of nitrogens with one attached hydrogen (secondary N) is 2. The molecule has 0 aliphatic heterocycles. The summed E-state index contributed by atoms with van der Waals surface area (Å²) in [5.41, 5.74) is 4.37. The molecule has 0 saturated carbocycles. The van der Waals surface area contributed by atoms with E-state index in [1.165, 1.54) is 6.92 Å². The summed E-state index contributed by atoms with van der Waals surface area (Å²) in [5.74, 6) is -0.635. The van der Waals surface area contributed by atoms with Crippen molar-refractivity contribution >= 4 is 23.4 Å². The van der Waals surface area contributed by atoms with Crippen molar-refractivity contribution in [3.63, 3.8) is 0 Å². The number of carbonyl (C=O) groups excluding carboxylic acids is 2. The Balaban J connectivity index is 3.60. The molecule has 0 aliphatic rings. The first-order chi connectivity index (χ1) is 5.07. The van der Waals surface area contributed by atoms with E-state index in [9.17, 15) is 9.59 Å². The van der Waals surface area contributed by atoms with Crippen LogP contribution in [0.25, 0.3) is 0 Å². The SMILES string of the molecule is CC(=O)NNC(=O)C(C)CCl. The molecule has 1 atom stereocenters. The fourth-order valence-electron chi connectivity index (χ4n) is 0.343. The monoisotopic (exact) mass is 178 g/mol. The molecular formula is C6H11ClN2O2. The highest BCUT2D eigenvalue weighted by Gasteiger charge is 2.10. The van der Waals surface area contributed by atoms with E-state index in [2.05, 4.69) is 10.9 Å². The van der Waals surface area contributed by atoms with Crippen LogP contribution in [-0.2, 0) is 9.59 Å². The molecule has 1 unspecified atom stereocenters. The van der Waals surface area contributed by atoms with Crippen LogP contribution in [0, 0.1) is 5.92 Å². The molecule has 0 saturated heterocycles. The molecule has 0 rings (SSSR count). The molecule has 2 amide bonds. The predicted molar refractivity (Wildman–Crippen MR) is 41.8 cm³/mol. The van der Waals surface area contributed by atoms with E-state index in [4.69, 9.17) is 11.6 Å². The Kier molecular flexibility index (Phi) is 4.61. The number of hydrazine groups is 1. The average Bonchev–Trinajstić information content (AvgIpc) is 1.98. The van der Waals surface area contributed by atoms with E-state index in [0.29, 0.717) is 0 Å². The minimum atomic E-state index is -0.305. The molecule has 2 N–H and O–H groups in total. The molecule has 64 valence electrons. The van der Waals surface area contributed by atoms with Crippen LogP contribution in [0.15, 0.2) is 0 Å². The Morgan fingerprint density at radius 1 is 1.45 bits per heavy atom. The van der Waals surface area contributed by atoms with Gasteiger partial charge in [0.15, 0.2) is 0 Å². The largest absolute Gasteiger partial charge is 0.274 e. The minimum absolute atomic E-state index is 0.241. The van der Waals surface area contributed by atoms with Gasteiger partial charge in [0, 0.05) is 12.8 Å². The maximum atomic E-state index is 10.9. The molecule has 5 heteroatoms. The number of halogens is 1. The van der Waals surface area contributed by atoms with Gasteiger partial charge in [-0.3, -0.25) is 20.4 Å². The topological polar surface area (TPSA) is 58.2 Å². The first-order valence-electron chi connectivity index (χ1n) is 3.20. The minimum Gasteiger partial charge on any atom is -0.274 e. The average molecular weight is 179 g/mol. The van der Waals surface area contributed by atoms with Gasteiger partial charge in [-0.2, -0.15) is 0 Å². The van der Waals surface area contributed by atoms with Crippen molar-refractivity contribution in [2.45, 2.75) is 13.8 Å². The molecule has 0 aromatic carbocycles. The molecule has 0 aromatic heterocycles. The zero-order valence-corrected chi connectivity index (χ0v) is 7.23. The van der Waals surface area contributed by atoms with Crippen molar-refractivity contribution in [3.8, 4) is 0 Å². The lowest BCUT2D eigenvalue weighted by molar-refractivity contribution is -0.129. The Bertz CT molecular complexity index is 161. The normalized spacial score (nSPS) is 11.9. The summed E-state index contributed by atoms with van der Waals surface area (Å²) in [6, 6.07) is 0. The standard InChI is InChI=1S/C6H11ClN2O2/c1-4(3-7)6(11)9-8-5(2)10/h4H,3H2,1-2H3,(H,8,10)(H,9,11). The highest BCUT2D eigenvalue weighted by molar-refractivity contribution is 6.19. The Morgan fingerprint density at radius 3 is 2.36 bits per heavy atom. The summed E-state index contributed by atoms with van der Waals surface area (Å²) in [5, 5.41) is 0. The Hall–Kier alpha value is -0.770. The van der Waals surface area contributed by atoms with Crippen LogP contribution in [0.4, 0.5) is 0 Å². The first-order valence-corrected chi connectivity index (χ1v) is 3.73. The van der Waals surface area contributed by atoms with Crippen LogP contribution in [0.5, 0.6) is 0 Å². The number of alkyl halides is 1. The van der Waals surface area contributed by atoms with E-state index in [0.717, 1.165) is 0 Å². The molecule has 0 radical (unpaired) electrons. The third-order valence-electron chi connectivity index (χ3n) is 1.04. The number of rotatable bonds is 2. The predicted octanol–water partition coefficient (Wildman–Crippen LogP) is 0.0286. The van der Waals surface area contributed by atoms with Gasteiger partial charge in [0.1, 0.15) is 0 Å². The van der Waals surface area contributed by atoms with Gasteiger partial charge in [-0.05, 0) is 0 Å². The van der Waals surface area contributed by atoms with Crippen molar-refractivity contribution in [1.29, 1.82) is 0 Å². The molecule has 4 nitrogen and oxygen atoms in total. The van der Waals surface area contributed by atoms with Crippen molar-refractivity contribution < 1.29 is 9.59 Å². The molecule has 0 heterocycles. The van der Waals surface area contributed by atoms with Gasteiger partial charge in [-0.15, -0.1) is 11.6 Å². The Labute approximate surface area is 70.3 Å². The lowest BCUT2D eigenvalue weighted by Gasteiger charge is -2.08. The van der Waals surface area contributed by atoms with Gasteiger partial charge in [0.05, 0.1) is 5.92 Å². The van der Waals surface area contributed by atoms with Gasteiger partial charge < -0.3 is 0 Å². The van der Waals surface area contributed by atoms with Gasteiger partial charge in [-0.25, -0.2) is 0 Å². The first kappa shape index (κ1) is 10.2. The summed E-state index contributed by atoms with van der Waals surface area (Å²) < 4.78 is 0. The highest BCUT2D eigenvalue weighted by atomic mass is 35.5. The fourth-order valence-corrected chi connectivity index (χ4v) is 0.483. The van der Waals surface area contributed by atoms with Crippen LogP contribution in [0.3, 0.4) is 0 Å². The van der Waals surface area contributed by atoms with Crippen LogP contribution >= 0.6 is 11.6 Å². The number of carbonyl (C=O) groups is 2. The van der Waals surface area contributed by atoms with Crippen molar-refractivity contribution in [2.75, 3.05) is 5.88 Å². The zero-order valence-electron chi connectivity index (χ0n) is 6.48. The second kappa shape index (κ2) is 4.96. The van der Waals surface area contributed by atoms with E-state index in [1.54, 1.807) is 6.92 Å². The van der Waals surface area contributed by atoms with Crippen molar-refractivity contribution in [2.24, 2.45) is 5.92 Å². The van der Waals surface area contributed by atoms with Crippen molar-refractivity contribution in [1.82, 2.24) is 10.9 Å². The molecule has 0 aliphatic carbocycles. The third-order valence-corrected chi connectivity index (χ3v) is 1.50. The molecule has 0 fully saturated rings. The van der Waals surface area contributed by atoms with Gasteiger partial charge >= 0.3 is 0 Å². The van der Waals surface area contributed by atoms with E-state index < -0.39 is 0 Å². The molecular weight excluding hydrogens is 168 g/mol. The van der Waals surface area contributed by atoms with E-state index in [1.807, 2.05) is 0 Å². The quantitative estimate of drug-likeness (QED) is 0.463. The van der Waals surface area contributed by atoms with Crippen LogP contribution in [-0.4, -0.2) is 17.7 Å². The lowest BCUT2D eigenvalue weighted by Crippen LogP contribution is -2.43. The van der Waals surface area contributed by atoms with E-state index in [-0.39, 0.29) is 23.6 Å². The number of amides is 2. The second-order valence-corrected chi connectivity index (χ2v) is 2.53. The van der Waals surface area contributed by atoms with Crippen LogP contribution < -0.4 is 10.9 Å². The van der Waals surface area contributed by atoms with Gasteiger partial charge in [0.2, 0.25) is 11.8 Å².